The largest absolute Gasteiger partial charge is 0.357 e. The maximum atomic E-state index is 12.1. The minimum atomic E-state index is -0.806. The fourth-order valence-corrected chi connectivity index (χ4v) is 2.42. The summed E-state index contributed by atoms with van der Waals surface area (Å²) in [4.78, 5) is 23.4. The summed E-state index contributed by atoms with van der Waals surface area (Å²) in [6, 6.07) is -0.537. The quantitative estimate of drug-likeness (QED) is 0.657. The molecule has 0 aromatic heterocycles. The average molecular weight is 241 g/mol. The van der Waals surface area contributed by atoms with Gasteiger partial charge in [-0.05, 0) is 25.7 Å². The highest BCUT2D eigenvalue weighted by Crippen LogP contribution is 2.30. The molecule has 0 heterocycles. The van der Waals surface area contributed by atoms with Crippen molar-refractivity contribution < 1.29 is 9.59 Å². The highest BCUT2D eigenvalue weighted by molar-refractivity contribution is 5.91. The Bertz CT molecular complexity index is 306. The van der Waals surface area contributed by atoms with Gasteiger partial charge in [0.1, 0.15) is 6.04 Å². The first-order valence-electron chi connectivity index (χ1n) is 6.20. The average Bonchev–Trinajstić information content (AvgIpc) is 2.27. The first-order valence-corrected chi connectivity index (χ1v) is 6.20. The molecule has 4 N–H and O–H groups in total. The first-order chi connectivity index (χ1) is 7.89. The molecule has 0 aliphatic heterocycles. The molecule has 3 atom stereocenters. The third-order valence-corrected chi connectivity index (χ3v) is 3.47. The van der Waals surface area contributed by atoms with Crippen LogP contribution in [0.3, 0.4) is 0 Å². The smallest absolute Gasteiger partial charge is 0.242 e. The van der Waals surface area contributed by atoms with Gasteiger partial charge in [0, 0.05) is 7.05 Å². The molecule has 2 amide bonds. The summed E-state index contributed by atoms with van der Waals surface area (Å²) in [5.41, 5.74) is 5.33. The van der Waals surface area contributed by atoms with Crippen LogP contribution in [-0.4, -0.2) is 30.4 Å². The van der Waals surface area contributed by atoms with E-state index < -0.39 is 11.6 Å². The van der Waals surface area contributed by atoms with Crippen molar-refractivity contribution in [2.24, 2.45) is 11.7 Å². The van der Waals surface area contributed by atoms with Gasteiger partial charge in [-0.3, -0.25) is 9.59 Å². The summed E-state index contributed by atoms with van der Waals surface area (Å²) in [5.74, 6) is 0.0563. The molecule has 1 saturated carbocycles. The second-order valence-corrected chi connectivity index (χ2v) is 5.17. The van der Waals surface area contributed by atoms with Crippen LogP contribution in [0, 0.1) is 5.92 Å². The summed E-state index contributed by atoms with van der Waals surface area (Å²) in [7, 11) is 1.55. The first kappa shape index (κ1) is 14.0. The zero-order valence-corrected chi connectivity index (χ0v) is 10.9. The van der Waals surface area contributed by atoms with Gasteiger partial charge < -0.3 is 16.4 Å². The van der Waals surface area contributed by atoms with E-state index in [2.05, 4.69) is 17.6 Å². The van der Waals surface area contributed by atoms with Crippen LogP contribution in [0.25, 0.3) is 0 Å². The van der Waals surface area contributed by atoms with Crippen LogP contribution >= 0.6 is 0 Å². The number of nitrogens with one attached hydrogen (secondary N) is 2. The van der Waals surface area contributed by atoms with Gasteiger partial charge in [-0.15, -0.1) is 0 Å². The lowest BCUT2D eigenvalue weighted by atomic mass is 9.76. The van der Waals surface area contributed by atoms with Gasteiger partial charge in [-0.1, -0.05) is 19.8 Å². The predicted octanol–water partition coefficient (Wildman–Crippen LogP) is 0.145. The van der Waals surface area contributed by atoms with Crippen molar-refractivity contribution in [3.63, 3.8) is 0 Å². The molecule has 3 unspecified atom stereocenters. The normalized spacial score (nSPS) is 30.5. The molecular weight excluding hydrogens is 218 g/mol. The Hall–Kier alpha value is -1.10. The van der Waals surface area contributed by atoms with Crippen LogP contribution in [0.4, 0.5) is 0 Å². The number of likely N-dealkylation sites (N-methyl/N-ethyl adjacent to an activating group) is 1. The molecule has 0 aromatic carbocycles. The highest BCUT2D eigenvalue weighted by atomic mass is 16.2. The molecule has 0 spiro atoms. The van der Waals surface area contributed by atoms with Crippen LogP contribution in [0.1, 0.15) is 39.5 Å². The third-order valence-electron chi connectivity index (χ3n) is 3.47. The minimum Gasteiger partial charge on any atom is -0.357 e. The Kier molecular flexibility index (Phi) is 4.51. The standard InChI is InChI=1S/C12H23N3O2/c1-8-5-4-6-12(13,7-8)11(17)15-9(2)10(16)14-3/h8-9H,4-7,13H2,1-3H3,(H,14,16)(H,15,17). The van der Waals surface area contributed by atoms with Gasteiger partial charge in [0.15, 0.2) is 0 Å². The summed E-state index contributed by atoms with van der Waals surface area (Å²) < 4.78 is 0. The predicted molar refractivity (Wildman–Crippen MR) is 66.2 cm³/mol. The fraction of sp³-hybridized carbons (Fsp3) is 0.833. The number of carbonyl (C=O) groups is 2. The molecule has 5 nitrogen and oxygen atoms in total. The second-order valence-electron chi connectivity index (χ2n) is 5.17. The van der Waals surface area contributed by atoms with Gasteiger partial charge in [-0.2, -0.15) is 0 Å². The summed E-state index contributed by atoms with van der Waals surface area (Å²) >= 11 is 0. The van der Waals surface area contributed by atoms with Crippen molar-refractivity contribution in [1.82, 2.24) is 10.6 Å². The van der Waals surface area contributed by atoms with Crippen molar-refractivity contribution in [3.8, 4) is 0 Å². The van der Waals surface area contributed by atoms with E-state index in [1.807, 2.05) is 0 Å². The van der Waals surface area contributed by atoms with E-state index >= 15 is 0 Å². The van der Waals surface area contributed by atoms with E-state index in [1.165, 1.54) is 0 Å². The maximum absolute atomic E-state index is 12.1. The van der Waals surface area contributed by atoms with Crippen molar-refractivity contribution >= 4 is 11.8 Å². The summed E-state index contributed by atoms with van der Waals surface area (Å²) in [5, 5.41) is 5.19. The summed E-state index contributed by atoms with van der Waals surface area (Å²) in [6.45, 7) is 3.77. The topological polar surface area (TPSA) is 84.2 Å². The minimum absolute atomic E-state index is 0.203. The SMILES string of the molecule is CNC(=O)C(C)NC(=O)C1(N)CCCC(C)C1. The van der Waals surface area contributed by atoms with Crippen LogP contribution in [0.5, 0.6) is 0 Å². The van der Waals surface area contributed by atoms with Crippen molar-refractivity contribution in [3.05, 3.63) is 0 Å². The number of nitrogens with two attached hydrogens (primary N) is 1. The third kappa shape index (κ3) is 3.43. The lowest BCUT2D eigenvalue weighted by molar-refractivity contribution is -0.132. The van der Waals surface area contributed by atoms with Crippen LogP contribution in [0.2, 0.25) is 0 Å². The van der Waals surface area contributed by atoms with E-state index in [0.29, 0.717) is 18.8 Å². The molecule has 1 fully saturated rings. The number of hydrogen-bond acceptors (Lipinski definition) is 3. The van der Waals surface area contributed by atoms with Gasteiger partial charge >= 0.3 is 0 Å². The van der Waals surface area contributed by atoms with Crippen molar-refractivity contribution in [1.29, 1.82) is 0 Å². The molecule has 0 bridgehead atoms. The van der Waals surface area contributed by atoms with E-state index in [9.17, 15) is 9.59 Å². The van der Waals surface area contributed by atoms with E-state index in [-0.39, 0.29) is 11.8 Å². The molecule has 0 radical (unpaired) electrons. The molecule has 1 aliphatic rings. The lowest BCUT2D eigenvalue weighted by Gasteiger charge is -2.35. The molecular formula is C12H23N3O2. The van der Waals surface area contributed by atoms with Crippen LogP contribution < -0.4 is 16.4 Å². The zero-order chi connectivity index (χ0) is 13.1. The molecule has 1 rings (SSSR count). The maximum Gasteiger partial charge on any atom is 0.242 e. The van der Waals surface area contributed by atoms with Crippen molar-refractivity contribution in [2.45, 2.75) is 51.1 Å². The fourth-order valence-electron chi connectivity index (χ4n) is 2.42. The number of amides is 2. The lowest BCUT2D eigenvalue weighted by Crippen LogP contribution is -2.59. The Balaban J connectivity index is 2.59. The second kappa shape index (κ2) is 5.49. The Morgan fingerprint density at radius 1 is 1.47 bits per heavy atom. The molecule has 1 aliphatic carbocycles. The van der Waals surface area contributed by atoms with E-state index in [4.69, 9.17) is 5.73 Å². The Morgan fingerprint density at radius 3 is 2.65 bits per heavy atom. The number of carbonyl (C=O) groups excluding carboxylic acids is 2. The molecule has 0 saturated heterocycles. The summed E-state index contributed by atoms with van der Waals surface area (Å²) in [6.07, 6.45) is 3.49. The number of hydrogen-bond donors (Lipinski definition) is 3. The van der Waals surface area contributed by atoms with Crippen molar-refractivity contribution in [2.75, 3.05) is 7.05 Å². The molecule has 17 heavy (non-hydrogen) atoms. The Labute approximate surface area is 103 Å². The zero-order valence-electron chi connectivity index (χ0n) is 10.9. The molecule has 98 valence electrons. The van der Waals surface area contributed by atoms with Gasteiger partial charge in [0.05, 0.1) is 5.54 Å². The van der Waals surface area contributed by atoms with E-state index in [1.54, 1.807) is 14.0 Å². The van der Waals surface area contributed by atoms with Crippen LogP contribution in [-0.2, 0) is 9.59 Å². The van der Waals surface area contributed by atoms with Gasteiger partial charge in [0.25, 0.3) is 0 Å². The Morgan fingerprint density at radius 2 is 2.12 bits per heavy atom. The molecule has 5 heteroatoms. The van der Waals surface area contributed by atoms with E-state index in [0.717, 1.165) is 12.8 Å². The monoisotopic (exact) mass is 241 g/mol. The van der Waals surface area contributed by atoms with Gasteiger partial charge in [-0.25, -0.2) is 0 Å². The number of rotatable bonds is 3. The van der Waals surface area contributed by atoms with Crippen LogP contribution in [0.15, 0.2) is 0 Å². The molecule has 0 aromatic rings. The van der Waals surface area contributed by atoms with Gasteiger partial charge in [0.2, 0.25) is 11.8 Å². The highest BCUT2D eigenvalue weighted by Gasteiger charge is 2.38.